The highest BCUT2D eigenvalue weighted by atomic mass is 32.1. The van der Waals surface area contributed by atoms with E-state index in [-0.39, 0.29) is 11.5 Å². The van der Waals surface area contributed by atoms with E-state index in [0.717, 1.165) is 23.3 Å². The molecule has 1 fully saturated rings. The van der Waals surface area contributed by atoms with E-state index in [1.54, 1.807) is 23.1 Å². The molecule has 4 heterocycles. The van der Waals surface area contributed by atoms with E-state index in [2.05, 4.69) is 10.2 Å². The fourth-order valence-corrected chi connectivity index (χ4v) is 4.22. The largest absolute Gasteiger partial charge is 0.338 e. The molecule has 0 bridgehead atoms. The van der Waals surface area contributed by atoms with Crippen molar-refractivity contribution in [3.8, 4) is 5.82 Å². The first-order chi connectivity index (χ1) is 13.1. The van der Waals surface area contributed by atoms with E-state index in [9.17, 15) is 9.59 Å². The van der Waals surface area contributed by atoms with Crippen LogP contribution in [0, 0.1) is 12.8 Å². The van der Waals surface area contributed by atoms with Crippen molar-refractivity contribution in [2.45, 2.75) is 26.3 Å². The van der Waals surface area contributed by atoms with E-state index in [0.29, 0.717) is 31.4 Å². The van der Waals surface area contributed by atoms with Gasteiger partial charge in [0.05, 0.1) is 4.88 Å². The maximum Gasteiger partial charge on any atom is 0.266 e. The molecule has 0 spiro atoms. The SMILES string of the molecule is Cc1csc(C(=O)N2CCC(Cn3nc(-n4cccn4)ccc3=O)CC2)c1. The van der Waals surface area contributed by atoms with Gasteiger partial charge in [-0.1, -0.05) is 0 Å². The van der Waals surface area contributed by atoms with Crippen molar-refractivity contribution in [1.29, 1.82) is 0 Å². The van der Waals surface area contributed by atoms with Gasteiger partial charge in [0.15, 0.2) is 5.82 Å². The van der Waals surface area contributed by atoms with Gasteiger partial charge in [-0.2, -0.15) is 5.10 Å². The number of hydrogen-bond donors (Lipinski definition) is 0. The molecule has 7 nitrogen and oxygen atoms in total. The third-order valence-corrected chi connectivity index (χ3v) is 5.90. The number of likely N-dealkylation sites (tertiary alicyclic amines) is 1. The number of aryl methyl sites for hydroxylation is 1. The van der Waals surface area contributed by atoms with Crippen LogP contribution in [-0.2, 0) is 6.54 Å². The summed E-state index contributed by atoms with van der Waals surface area (Å²) in [5.41, 5.74) is 1.01. The molecular weight excluding hydrogens is 362 g/mol. The van der Waals surface area contributed by atoms with Crippen LogP contribution in [0.4, 0.5) is 0 Å². The van der Waals surface area contributed by atoms with Crippen LogP contribution >= 0.6 is 11.3 Å². The van der Waals surface area contributed by atoms with Crippen molar-refractivity contribution in [2.75, 3.05) is 13.1 Å². The second-order valence-corrected chi connectivity index (χ2v) is 7.80. The van der Waals surface area contributed by atoms with Crippen LogP contribution in [0.1, 0.15) is 28.1 Å². The van der Waals surface area contributed by atoms with Gasteiger partial charge in [-0.15, -0.1) is 16.4 Å². The molecule has 4 rings (SSSR count). The minimum absolute atomic E-state index is 0.113. The maximum absolute atomic E-state index is 12.6. The average Bonchev–Trinajstić information content (AvgIpc) is 3.35. The first-order valence-electron chi connectivity index (χ1n) is 9.03. The minimum Gasteiger partial charge on any atom is -0.338 e. The molecule has 1 saturated heterocycles. The summed E-state index contributed by atoms with van der Waals surface area (Å²) in [6.45, 7) is 4.00. The fourth-order valence-electron chi connectivity index (χ4n) is 3.36. The monoisotopic (exact) mass is 383 g/mol. The second kappa shape index (κ2) is 7.48. The maximum atomic E-state index is 12.6. The molecule has 1 aliphatic heterocycles. The third-order valence-electron chi connectivity index (χ3n) is 4.87. The van der Waals surface area contributed by atoms with Crippen molar-refractivity contribution in [2.24, 2.45) is 5.92 Å². The minimum atomic E-state index is -0.113. The van der Waals surface area contributed by atoms with Gasteiger partial charge in [-0.05, 0) is 54.8 Å². The van der Waals surface area contributed by atoms with Crippen LogP contribution < -0.4 is 5.56 Å². The highest BCUT2D eigenvalue weighted by molar-refractivity contribution is 7.12. The summed E-state index contributed by atoms with van der Waals surface area (Å²) in [4.78, 5) is 27.5. The number of carbonyl (C=O) groups excluding carboxylic acids is 1. The van der Waals surface area contributed by atoms with Gasteiger partial charge in [-0.3, -0.25) is 9.59 Å². The van der Waals surface area contributed by atoms with Crippen LogP contribution in [0.25, 0.3) is 5.82 Å². The quantitative estimate of drug-likeness (QED) is 0.693. The Morgan fingerprint density at radius 3 is 2.78 bits per heavy atom. The molecule has 0 aromatic carbocycles. The molecular formula is C19H21N5O2S. The topological polar surface area (TPSA) is 73.0 Å². The predicted octanol–water partition coefficient (Wildman–Crippen LogP) is 2.35. The zero-order valence-electron chi connectivity index (χ0n) is 15.1. The van der Waals surface area contributed by atoms with Crippen LogP contribution in [0.2, 0.25) is 0 Å². The highest BCUT2D eigenvalue weighted by Crippen LogP contribution is 2.22. The van der Waals surface area contributed by atoms with Crippen molar-refractivity contribution in [3.05, 3.63) is 62.8 Å². The lowest BCUT2D eigenvalue weighted by atomic mass is 9.96. The van der Waals surface area contributed by atoms with Gasteiger partial charge in [0.1, 0.15) is 0 Å². The van der Waals surface area contributed by atoms with Crippen LogP contribution in [0.5, 0.6) is 0 Å². The molecule has 8 heteroatoms. The Morgan fingerprint density at radius 2 is 2.11 bits per heavy atom. The molecule has 0 atom stereocenters. The number of piperidine rings is 1. The van der Waals surface area contributed by atoms with Crippen LogP contribution in [0.15, 0.2) is 46.8 Å². The molecule has 1 amide bonds. The molecule has 0 radical (unpaired) electrons. The van der Waals surface area contributed by atoms with Crippen molar-refractivity contribution in [3.63, 3.8) is 0 Å². The molecule has 27 heavy (non-hydrogen) atoms. The summed E-state index contributed by atoms with van der Waals surface area (Å²) in [5, 5.41) is 10.6. The number of amides is 1. The number of nitrogens with zero attached hydrogens (tertiary/aromatic N) is 5. The molecule has 3 aromatic heterocycles. The number of carbonyl (C=O) groups is 1. The summed E-state index contributed by atoms with van der Waals surface area (Å²) in [6.07, 6.45) is 5.22. The molecule has 3 aromatic rings. The molecule has 1 aliphatic rings. The van der Waals surface area contributed by atoms with Gasteiger partial charge < -0.3 is 4.90 Å². The Morgan fingerprint density at radius 1 is 1.30 bits per heavy atom. The Bertz CT molecular complexity index is 984. The van der Waals surface area contributed by atoms with Crippen molar-refractivity contribution >= 4 is 17.2 Å². The van der Waals surface area contributed by atoms with Gasteiger partial charge in [-0.25, -0.2) is 9.36 Å². The lowest BCUT2D eigenvalue weighted by Gasteiger charge is -2.31. The van der Waals surface area contributed by atoms with Crippen LogP contribution in [0.3, 0.4) is 0 Å². The van der Waals surface area contributed by atoms with Gasteiger partial charge in [0.25, 0.3) is 11.5 Å². The Hall–Kier alpha value is -2.74. The smallest absolute Gasteiger partial charge is 0.266 e. The van der Waals surface area contributed by atoms with Crippen molar-refractivity contribution in [1.82, 2.24) is 24.5 Å². The lowest BCUT2D eigenvalue weighted by Crippen LogP contribution is -2.40. The van der Waals surface area contributed by atoms with E-state index >= 15 is 0 Å². The average molecular weight is 383 g/mol. The number of rotatable bonds is 4. The Labute approximate surface area is 160 Å². The van der Waals surface area contributed by atoms with E-state index in [1.807, 2.05) is 29.3 Å². The second-order valence-electron chi connectivity index (χ2n) is 6.89. The van der Waals surface area contributed by atoms with E-state index in [1.165, 1.54) is 22.1 Å². The molecule has 140 valence electrons. The first-order valence-corrected chi connectivity index (χ1v) is 9.91. The summed E-state index contributed by atoms with van der Waals surface area (Å²) in [7, 11) is 0. The summed E-state index contributed by atoms with van der Waals surface area (Å²) in [6, 6.07) is 6.97. The van der Waals surface area contributed by atoms with Crippen LogP contribution in [-0.4, -0.2) is 43.5 Å². The van der Waals surface area contributed by atoms with Gasteiger partial charge in [0, 0.05) is 38.1 Å². The van der Waals surface area contributed by atoms with E-state index < -0.39 is 0 Å². The number of hydrogen-bond acceptors (Lipinski definition) is 5. The van der Waals surface area contributed by atoms with Gasteiger partial charge >= 0.3 is 0 Å². The third kappa shape index (κ3) is 3.85. The zero-order valence-corrected chi connectivity index (χ0v) is 15.9. The molecule has 0 unspecified atom stereocenters. The Kier molecular flexibility index (Phi) is 4.89. The standard InChI is InChI=1S/C19H21N5O2S/c1-14-11-16(27-13-14)19(26)22-9-5-15(6-10-22)12-24-18(25)4-3-17(21-24)23-8-2-7-20-23/h2-4,7-8,11,13,15H,5-6,9-10,12H2,1H3. The lowest BCUT2D eigenvalue weighted by molar-refractivity contribution is 0.0685. The molecule has 0 N–H and O–H groups in total. The molecule has 0 saturated carbocycles. The number of aromatic nitrogens is 4. The summed E-state index contributed by atoms with van der Waals surface area (Å²) >= 11 is 1.50. The van der Waals surface area contributed by atoms with Gasteiger partial charge in [0.2, 0.25) is 0 Å². The zero-order chi connectivity index (χ0) is 18.8. The summed E-state index contributed by atoms with van der Waals surface area (Å²) in [5.74, 6) is 1.07. The van der Waals surface area contributed by atoms with E-state index in [4.69, 9.17) is 0 Å². The fraction of sp³-hybridized carbons (Fsp3) is 0.368. The summed E-state index contributed by atoms with van der Waals surface area (Å²) < 4.78 is 3.15. The predicted molar refractivity (Wildman–Crippen MR) is 103 cm³/mol. The highest BCUT2D eigenvalue weighted by Gasteiger charge is 2.25. The molecule has 0 aliphatic carbocycles. The van der Waals surface area contributed by atoms with Crippen molar-refractivity contribution < 1.29 is 4.79 Å². The Balaban J connectivity index is 1.40. The first kappa shape index (κ1) is 17.7. The normalized spacial score (nSPS) is 15.2. The number of thiophene rings is 1.